The number of hydrogen-bond acceptors (Lipinski definition) is 18. The minimum absolute atomic E-state index is 0.0636. The number of amides is 1. The fourth-order valence-electron chi connectivity index (χ4n) is 16.3. The lowest BCUT2D eigenvalue weighted by Gasteiger charge is -2.62. The van der Waals surface area contributed by atoms with Crippen LogP contribution in [0.1, 0.15) is 148 Å². The van der Waals surface area contributed by atoms with Crippen LogP contribution < -0.4 is 10.6 Å². The van der Waals surface area contributed by atoms with E-state index in [4.69, 9.17) is 28.4 Å². The van der Waals surface area contributed by atoms with E-state index >= 15 is 4.39 Å². The van der Waals surface area contributed by atoms with Gasteiger partial charge in [-0.2, -0.15) is 0 Å². The summed E-state index contributed by atoms with van der Waals surface area (Å²) >= 11 is 0. The van der Waals surface area contributed by atoms with E-state index in [0.29, 0.717) is 37.7 Å². The van der Waals surface area contributed by atoms with Crippen molar-refractivity contribution in [2.24, 2.45) is 46.3 Å². The molecule has 26 atom stereocenters. The van der Waals surface area contributed by atoms with Gasteiger partial charge in [0.25, 0.3) is 5.91 Å². The number of rotatable bonds is 12. The molecule has 19 nitrogen and oxygen atoms in total. The average Bonchev–Trinajstić information content (AvgIpc) is 3.85. The predicted octanol–water partition coefficient (Wildman–Crippen LogP) is 3.78. The first-order valence-corrected chi connectivity index (χ1v) is 29.7. The average molecular weight is 1140 g/mol. The van der Waals surface area contributed by atoms with Crippen LogP contribution in [0.5, 0.6) is 0 Å². The van der Waals surface area contributed by atoms with Crippen LogP contribution >= 0.6 is 0 Å². The van der Waals surface area contributed by atoms with Crippen LogP contribution in [0.2, 0.25) is 0 Å². The Morgan fingerprint density at radius 2 is 1.57 bits per heavy atom. The number of ether oxygens (including phenoxy) is 6. The van der Waals surface area contributed by atoms with Crippen molar-refractivity contribution in [2.45, 2.75) is 255 Å². The van der Waals surface area contributed by atoms with Crippen LogP contribution in [0.15, 0.2) is 23.8 Å². The summed E-state index contributed by atoms with van der Waals surface area (Å²) in [5.74, 6) is -5.72. The number of nitrogens with one attached hydrogen (secondary N) is 2. The first-order chi connectivity index (χ1) is 37.1. The lowest BCUT2D eigenvalue weighted by Crippen LogP contribution is -2.70. The molecular weight excluding hydrogens is 1040 g/mol. The van der Waals surface area contributed by atoms with E-state index in [1.807, 2.05) is 18.7 Å². The number of aliphatic hydroxyl groups excluding tert-OH is 4. The Kier molecular flexibility index (Phi) is 19.6. The molecule has 1 amide bonds. The van der Waals surface area contributed by atoms with E-state index in [1.54, 1.807) is 82.4 Å². The number of allylic oxidation sites excluding steroid dienone is 4. The number of likely N-dealkylation sites (N-methyl/N-ethyl adjacent to an activating group) is 1. The number of halogens is 1. The largest absolute Gasteiger partial charge is 0.459 e. The molecule has 7 rings (SSSR count). The second-order valence-corrected chi connectivity index (χ2v) is 26.9. The third kappa shape index (κ3) is 11.4. The van der Waals surface area contributed by atoms with Crippen LogP contribution in [0.25, 0.3) is 0 Å². The normalized spacial score (nSPS) is 50.7. The Bertz CT molecular complexity index is 2270. The highest BCUT2D eigenvalue weighted by atomic mass is 19.1. The molecule has 0 spiro atoms. The highest BCUT2D eigenvalue weighted by molar-refractivity contribution is 6.01. The smallest absolute Gasteiger partial charge is 0.311 e. The van der Waals surface area contributed by atoms with Crippen molar-refractivity contribution < 1.29 is 82.9 Å². The van der Waals surface area contributed by atoms with Gasteiger partial charge in [0.2, 0.25) is 0 Å². The molecule has 3 heterocycles. The van der Waals surface area contributed by atoms with Gasteiger partial charge in [-0.1, -0.05) is 46.3 Å². The first-order valence-electron chi connectivity index (χ1n) is 29.7. The number of aliphatic hydroxyl groups is 7. The van der Waals surface area contributed by atoms with Gasteiger partial charge in [0.1, 0.15) is 30.0 Å². The maximum absolute atomic E-state index is 17.9. The summed E-state index contributed by atoms with van der Waals surface area (Å²) in [6.07, 6.45) is -5.68. The highest BCUT2D eigenvalue weighted by Gasteiger charge is 2.76. The molecular formula is C60H100FN3O16. The number of carbonyl (C=O) groups excluding carboxylic acids is 3. The standard InChI is InChI=1S/C60H100FN3O16/c1-16-44-58(13,73)48(68)36(7)64(23-17-22-63-53(71)60(74)32(3)24-41-40-19-18-38-26-39(65)20-21-54(38,9)59(40,61)43(66)28-55(41,60)10)30-31(2)27-56(11,72)50(80-52-46(67)42(62-14)25-33(4)76-52)34(5)47(35(6)51(70)78-44)79-45-29-57(12,75-15)49(69)37(8)77-45/h20-21,26,31-37,40-50,52,62,66-69,72-74H,16-19,22-25,27-30H2,1-15H3,(H,63,71)/t31-,32-,33-,34-,35-,36-,37+,40?,41?,42+,43+,44-,45?,46-,47+,48-,49+,50-,52?,54+,55+,56-,57-,58-,59+,60+/m1/s1. The molecule has 9 N–H and O–H groups in total. The zero-order chi connectivity index (χ0) is 59.6. The highest BCUT2D eigenvalue weighted by Crippen LogP contribution is 2.70. The van der Waals surface area contributed by atoms with Crippen LogP contribution in [-0.2, 0) is 42.8 Å². The SMILES string of the molecule is CC[C@H]1OC(=O)[C@H](C)[C@@H](OC2C[C@@](C)(OC)[C@@H](O)[C@H](C)O2)[C@@H](C)[C@@H](OC2O[C@H](C)C[C@H](NC)[C@H]2O)[C@](C)(O)C[C@@H](C)CN(CCCNC(=O)[C@@]2(O)[C@H](C)CC3C4CCC5=CC(=O)C=C[C@]5(C)[C@@]4(F)[C@@H](O)C[C@@]32C)[C@H](C)[C@@H](O)[C@]1(C)O. The number of hydrogen-bond donors (Lipinski definition) is 9. The molecule has 0 bridgehead atoms. The van der Waals surface area contributed by atoms with Gasteiger partial charge in [-0.05, 0) is 144 Å². The second-order valence-electron chi connectivity index (χ2n) is 26.9. The minimum atomic E-state index is -2.13. The summed E-state index contributed by atoms with van der Waals surface area (Å²) < 4.78 is 56.0. The van der Waals surface area contributed by atoms with E-state index in [-0.39, 0.29) is 63.1 Å². The second kappa shape index (κ2) is 24.1. The lowest BCUT2D eigenvalue weighted by molar-refractivity contribution is -0.316. The molecule has 80 heavy (non-hydrogen) atoms. The topological polar surface area (TPSA) is 276 Å². The monoisotopic (exact) mass is 1140 g/mol. The number of fused-ring (bicyclic) bond motifs is 5. The number of nitrogens with zero attached hydrogens (tertiary/aromatic N) is 1. The van der Waals surface area contributed by atoms with E-state index in [2.05, 4.69) is 10.6 Å². The van der Waals surface area contributed by atoms with Crippen molar-refractivity contribution in [3.8, 4) is 0 Å². The summed E-state index contributed by atoms with van der Waals surface area (Å²) in [7, 11) is 3.22. The molecule has 7 aliphatic rings. The van der Waals surface area contributed by atoms with Crippen molar-refractivity contribution in [2.75, 3.05) is 33.8 Å². The van der Waals surface area contributed by atoms with E-state index in [1.165, 1.54) is 26.2 Å². The minimum Gasteiger partial charge on any atom is -0.459 e. The molecule has 0 aromatic rings. The van der Waals surface area contributed by atoms with Crippen molar-refractivity contribution in [1.29, 1.82) is 0 Å². The number of cyclic esters (lactones) is 1. The predicted molar refractivity (Wildman–Crippen MR) is 294 cm³/mol. The zero-order valence-electron chi connectivity index (χ0n) is 50.3. The number of esters is 1. The van der Waals surface area contributed by atoms with E-state index < -0.39 is 154 Å². The first kappa shape index (κ1) is 65.0. The van der Waals surface area contributed by atoms with Crippen LogP contribution in [-0.4, -0.2) is 200 Å². The third-order valence-corrected chi connectivity index (χ3v) is 21.2. The van der Waals surface area contributed by atoms with Crippen LogP contribution in [0.3, 0.4) is 0 Å². The molecule has 3 aliphatic heterocycles. The Morgan fingerprint density at radius 3 is 2.21 bits per heavy atom. The van der Waals surface area contributed by atoms with Crippen LogP contribution in [0, 0.1) is 46.3 Å². The van der Waals surface area contributed by atoms with Gasteiger partial charge in [0.15, 0.2) is 29.6 Å². The van der Waals surface area contributed by atoms with Gasteiger partial charge in [-0.15, -0.1) is 0 Å². The van der Waals surface area contributed by atoms with Crippen molar-refractivity contribution >= 4 is 17.7 Å². The summed E-state index contributed by atoms with van der Waals surface area (Å²) in [4.78, 5) is 43.6. The maximum atomic E-state index is 17.9. The fourth-order valence-corrected chi connectivity index (χ4v) is 16.3. The third-order valence-electron chi connectivity index (χ3n) is 21.2. The summed E-state index contributed by atoms with van der Waals surface area (Å²) in [5, 5.41) is 91.2. The lowest BCUT2D eigenvalue weighted by atomic mass is 9.44. The molecule has 4 unspecified atom stereocenters. The van der Waals surface area contributed by atoms with Gasteiger partial charge in [-0.3, -0.25) is 19.3 Å². The molecule has 20 heteroatoms. The van der Waals surface area contributed by atoms with E-state index in [0.717, 1.165) is 0 Å². The summed E-state index contributed by atoms with van der Waals surface area (Å²) in [5.41, 5.74) is -10.7. The molecule has 0 aromatic heterocycles. The fraction of sp³-hybridized carbons (Fsp3) is 0.883. The summed E-state index contributed by atoms with van der Waals surface area (Å²) in [6.45, 7) is 23.0. The summed E-state index contributed by atoms with van der Waals surface area (Å²) in [6, 6.07) is -1.22. The number of ketones is 1. The number of alkyl halides is 1. The number of carbonyl (C=O) groups is 3. The zero-order valence-corrected chi connectivity index (χ0v) is 50.3. The molecule has 0 aromatic carbocycles. The van der Waals surface area contributed by atoms with Gasteiger partial charge in [0, 0.05) is 67.9 Å². The van der Waals surface area contributed by atoms with Gasteiger partial charge < -0.3 is 74.8 Å². The Labute approximate surface area is 474 Å². The van der Waals surface area contributed by atoms with Gasteiger partial charge >= 0.3 is 5.97 Å². The molecule has 3 saturated heterocycles. The van der Waals surface area contributed by atoms with E-state index in [9.17, 15) is 50.1 Å². The Balaban J connectivity index is 1.15. The molecule has 3 saturated carbocycles. The molecule has 4 aliphatic carbocycles. The molecule has 458 valence electrons. The quantitative estimate of drug-likeness (QED) is 0.0994. The van der Waals surface area contributed by atoms with Crippen molar-refractivity contribution in [1.82, 2.24) is 15.5 Å². The maximum Gasteiger partial charge on any atom is 0.311 e. The van der Waals surface area contributed by atoms with Gasteiger partial charge in [-0.25, -0.2) is 4.39 Å². The van der Waals surface area contributed by atoms with Crippen LogP contribution in [0.4, 0.5) is 4.39 Å². The molecule has 6 fully saturated rings. The van der Waals surface area contributed by atoms with Crippen molar-refractivity contribution in [3.63, 3.8) is 0 Å². The van der Waals surface area contributed by atoms with Crippen molar-refractivity contribution in [3.05, 3.63) is 23.8 Å². The Hall–Kier alpha value is -2.54. The number of methoxy groups -OCH3 is 1. The molecule has 0 radical (unpaired) electrons. The Morgan fingerprint density at radius 1 is 0.900 bits per heavy atom. The van der Waals surface area contributed by atoms with Gasteiger partial charge in [0.05, 0.1) is 47.6 Å².